The van der Waals surface area contributed by atoms with E-state index in [0.29, 0.717) is 28.8 Å². The number of anilines is 1. The summed E-state index contributed by atoms with van der Waals surface area (Å²) in [5.41, 5.74) is 1.41. The summed E-state index contributed by atoms with van der Waals surface area (Å²) in [4.78, 5) is 31.2. The van der Waals surface area contributed by atoms with Gasteiger partial charge in [0.25, 0.3) is 5.91 Å². The van der Waals surface area contributed by atoms with Crippen molar-refractivity contribution in [3.05, 3.63) is 46.2 Å². The van der Waals surface area contributed by atoms with Crippen LogP contribution in [0.3, 0.4) is 0 Å². The number of carbonyl (C=O) groups is 2. The summed E-state index contributed by atoms with van der Waals surface area (Å²) < 4.78 is 13.3. The smallest absolute Gasteiger partial charge is 0.263 e. The van der Waals surface area contributed by atoms with E-state index >= 15 is 0 Å². The van der Waals surface area contributed by atoms with Gasteiger partial charge in [0.05, 0.1) is 11.7 Å². The minimum Gasteiger partial charge on any atom is -0.362 e. The fraction of sp³-hybridized carbons (Fsp3) is 0.389. The van der Waals surface area contributed by atoms with Gasteiger partial charge in [0, 0.05) is 26.1 Å². The van der Waals surface area contributed by atoms with Gasteiger partial charge < -0.3 is 15.5 Å². The van der Waals surface area contributed by atoms with Gasteiger partial charge in [-0.25, -0.2) is 9.37 Å². The SMILES string of the molecule is CCNc1nc(C)c(C(=O)NC2CC(=O)N(Cc3cccc(F)c3)C2)s1. The van der Waals surface area contributed by atoms with Crippen molar-refractivity contribution in [1.29, 1.82) is 0 Å². The van der Waals surface area contributed by atoms with Crippen LogP contribution in [0.1, 0.15) is 34.3 Å². The topological polar surface area (TPSA) is 74.3 Å². The molecule has 1 aromatic carbocycles. The average molecular weight is 376 g/mol. The Balaban J connectivity index is 1.61. The minimum absolute atomic E-state index is 0.0473. The molecule has 8 heteroatoms. The molecule has 1 fully saturated rings. The first-order valence-corrected chi connectivity index (χ1v) is 9.32. The first-order chi connectivity index (χ1) is 12.5. The standard InChI is InChI=1S/C18H21FN4O2S/c1-3-20-18-21-11(2)16(26-18)17(25)22-14-8-15(24)23(10-14)9-12-5-4-6-13(19)7-12/h4-7,14H,3,8-10H2,1-2H3,(H,20,21)(H,22,25). The van der Waals surface area contributed by atoms with Crippen LogP contribution in [-0.2, 0) is 11.3 Å². The van der Waals surface area contributed by atoms with E-state index in [2.05, 4.69) is 15.6 Å². The van der Waals surface area contributed by atoms with Crippen LogP contribution in [0.5, 0.6) is 0 Å². The lowest BCUT2D eigenvalue weighted by Gasteiger charge is -2.17. The first kappa shape index (κ1) is 18.3. The fourth-order valence-corrected chi connectivity index (χ4v) is 3.90. The van der Waals surface area contributed by atoms with E-state index in [0.717, 1.165) is 12.1 Å². The maximum Gasteiger partial charge on any atom is 0.263 e. The molecule has 1 aliphatic rings. The van der Waals surface area contributed by atoms with Crippen LogP contribution in [0.4, 0.5) is 9.52 Å². The monoisotopic (exact) mass is 376 g/mol. The number of nitrogens with zero attached hydrogens (tertiary/aromatic N) is 2. The molecular formula is C18H21FN4O2S. The normalized spacial score (nSPS) is 16.8. The molecule has 138 valence electrons. The molecular weight excluding hydrogens is 355 g/mol. The molecule has 2 aromatic rings. The number of benzene rings is 1. The number of halogens is 1. The Kier molecular flexibility index (Phi) is 5.51. The summed E-state index contributed by atoms with van der Waals surface area (Å²) in [5.74, 6) is -0.584. The van der Waals surface area contributed by atoms with Crippen molar-refractivity contribution in [2.24, 2.45) is 0 Å². The lowest BCUT2D eigenvalue weighted by molar-refractivity contribution is -0.128. The second-order valence-electron chi connectivity index (χ2n) is 6.24. The van der Waals surface area contributed by atoms with Gasteiger partial charge in [0.2, 0.25) is 5.91 Å². The predicted octanol–water partition coefficient (Wildman–Crippen LogP) is 2.55. The number of carbonyl (C=O) groups excluding carboxylic acids is 2. The molecule has 6 nitrogen and oxygen atoms in total. The van der Waals surface area contributed by atoms with Crippen LogP contribution in [-0.4, -0.2) is 40.8 Å². The predicted molar refractivity (Wildman–Crippen MR) is 98.7 cm³/mol. The third-order valence-corrected chi connectivity index (χ3v) is 5.26. The number of nitrogens with one attached hydrogen (secondary N) is 2. The van der Waals surface area contributed by atoms with Gasteiger partial charge >= 0.3 is 0 Å². The quantitative estimate of drug-likeness (QED) is 0.813. The zero-order valence-corrected chi connectivity index (χ0v) is 15.5. The van der Waals surface area contributed by atoms with Crippen LogP contribution >= 0.6 is 11.3 Å². The number of amides is 2. The summed E-state index contributed by atoms with van der Waals surface area (Å²) in [5, 5.41) is 6.73. The first-order valence-electron chi connectivity index (χ1n) is 8.50. The van der Waals surface area contributed by atoms with Crippen molar-refractivity contribution in [3.63, 3.8) is 0 Å². The third-order valence-electron chi connectivity index (χ3n) is 4.14. The highest BCUT2D eigenvalue weighted by molar-refractivity contribution is 7.17. The van der Waals surface area contributed by atoms with Gasteiger partial charge in [-0.3, -0.25) is 9.59 Å². The molecule has 1 aromatic heterocycles. The van der Waals surface area contributed by atoms with Crippen molar-refractivity contribution < 1.29 is 14.0 Å². The van der Waals surface area contributed by atoms with Crippen molar-refractivity contribution in [2.75, 3.05) is 18.4 Å². The second kappa shape index (κ2) is 7.82. The van der Waals surface area contributed by atoms with Crippen molar-refractivity contribution in [1.82, 2.24) is 15.2 Å². The van der Waals surface area contributed by atoms with E-state index in [9.17, 15) is 14.0 Å². The number of hydrogen-bond donors (Lipinski definition) is 2. The Morgan fingerprint density at radius 2 is 2.27 bits per heavy atom. The molecule has 1 atom stereocenters. The zero-order valence-electron chi connectivity index (χ0n) is 14.7. The molecule has 0 bridgehead atoms. The Bertz CT molecular complexity index is 823. The number of aryl methyl sites for hydroxylation is 1. The molecule has 1 unspecified atom stereocenters. The van der Waals surface area contributed by atoms with Crippen LogP contribution in [0, 0.1) is 12.7 Å². The average Bonchev–Trinajstić information content (AvgIpc) is 3.10. The number of thiazole rings is 1. The zero-order chi connectivity index (χ0) is 18.7. The highest BCUT2D eigenvalue weighted by Crippen LogP contribution is 2.23. The van der Waals surface area contributed by atoms with Crippen LogP contribution < -0.4 is 10.6 Å². The molecule has 2 N–H and O–H groups in total. The summed E-state index contributed by atoms with van der Waals surface area (Å²) in [7, 11) is 0. The van der Waals surface area contributed by atoms with Crippen LogP contribution in [0.25, 0.3) is 0 Å². The molecule has 0 saturated carbocycles. The van der Waals surface area contributed by atoms with E-state index in [1.165, 1.54) is 23.5 Å². The van der Waals surface area contributed by atoms with E-state index in [4.69, 9.17) is 0 Å². The summed E-state index contributed by atoms with van der Waals surface area (Å²) in [6.07, 6.45) is 0.249. The molecule has 2 heterocycles. The number of likely N-dealkylation sites (tertiary alicyclic amines) is 1. The maximum atomic E-state index is 13.3. The fourth-order valence-electron chi connectivity index (χ4n) is 2.96. The van der Waals surface area contributed by atoms with E-state index in [1.807, 2.05) is 6.92 Å². The van der Waals surface area contributed by atoms with Gasteiger partial charge in [0.15, 0.2) is 5.13 Å². The van der Waals surface area contributed by atoms with Gasteiger partial charge in [-0.2, -0.15) is 0 Å². The van der Waals surface area contributed by atoms with Gasteiger partial charge in [-0.1, -0.05) is 23.5 Å². The van der Waals surface area contributed by atoms with E-state index in [1.54, 1.807) is 24.0 Å². The molecule has 0 radical (unpaired) electrons. The van der Waals surface area contributed by atoms with Crippen molar-refractivity contribution in [2.45, 2.75) is 32.9 Å². The molecule has 0 aliphatic carbocycles. The van der Waals surface area contributed by atoms with Crippen molar-refractivity contribution in [3.8, 4) is 0 Å². The van der Waals surface area contributed by atoms with E-state index in [-0.39, 0.29) is 30.1 Å². The highest BCUT2D eigenvalue weighted by atomic mass is 32.1. The maximum absolute atomic E-state index is 13.3. The minimum atomic E-state index is -0.323. The molecule has 0 spiro atoms. The summed E-state index contributed by atoms with van der Waals surface area (Å²) >= 11 is 1.31. The van der Waals surface area contributed by atoms with E-state index < -0.39 is 0 Å². The summed E-state index contributed by atoms with van der Waals surface area (Å²) in [6, 6.07) is 5.94. The second-order valence-corrected chi connectivity index (χ2v) is 7.24. The van der Waals surface area contributed by atoms with Crippen molar-refractivity contribution >= 4 is 28.3 Å². The van der Waals surface area contributed by atoms with Crippen LogP contribution in [0.15, 0.2) is 24.3 Å². The number of aromatic nitrogens is 1. The Labute approximate surface area is 155 Å². The molecule has 3 rings (SSSR count). The molecule has 26 heavy (non-hydrogen) atoms. The number of hydrogen-bond acceptors (Lipinski definition) is 5. The number of rotatable bonds is 6. The Morgan fingerprint density at radius 1 is 1.46 bits per heavy atom. The van der Waals surface area contributed by atoms with Gasteiger partial charge in [-0.05, 0) is 31.5 Å². The molecule has 2 amide bonds. The van der Waals surface area contributed by atoms with Gasteiger partial charge in [0.1, 0.15) is 10.7 Å². The summed E-state index contributed by atoms with van der Waals surface area (Å²) in [6.45, 7) is 5.25. The largest absolute Gasteiger partial charge is 0.362 e. The van der Waals surface area contributed by atoms with Gasteiger partial charge in [-0.15, -0.1) is 0 Å². The Morgan fingerprint density at radius 3 is 3.00 bits per heavy atom. The Hall–Kier alpha value is -2.48. The van der Waals surface area contributed by atoms with Crippen LogP contribution in [0.2, 0.25) is 0 Å². The molecule has 1 saturated heterocycles. The lowest BCUT2D eigenvalue weighted by Crippen LogP contribution is -2.37. The third kappa shape index (κ3) is 4.19. The highest BCUT2D eigenvalue weighted by Gasteiger charge is 2.31. The lowest BCUT2D eigenvalue weighted by atomic mass is 10.2. The molecule has 1 aliphatic heterocycles.